The van der Waals surface area contributed by atoms with E-state index in [9.17, 15) is 4.79 Å². The van der Waals surface area contributed by atoms with E-state index in [1.54, 1.807) is 0 Å². The number of nitrogens with zero attached hydrogens (tertiary/aromatic N) is 6. The minimum Gasteiger partial charge on any atom is -0.356 e. The maximum absolute atomic E-state index is 12.8. The summed E-state index contributed by atoms with van der Waals surface area (Å²) in [6.45, 7) is 11.0. The van der Waals surface area contributed by atoms with Gasteiger partial charge in [0.2, 0.25) is 0 Å². The summed E-state index contributed by atoms with van der Waals surface area (Å²) in [5.41, 5.74) is 0.840. The van der Waals surface area contributed by atoms with Gasteiger partial charge in [-0.15, -0.1) is 11.3 Å². The number of anilines is 2. The maximum atomic E-state index is 12.8. The molecular weight excluding hydrogens is 372 g/mol. The molecule has 0 aromatic carbocycles. The Morgan fingerprint density at radius 2 is 1.46 bits per heavy atom. The van der Waals surface area contributed by atoms with E-state index in [-0.39, 0.29) is 5.91 Å². The van der Waals surface area contributed by atoms with E-state index in [2.05, 4.69) is 30.8 Å². The molecule has 150 valence electrons. The van der Waals surface area contributed by atoms with Crippen LogP contribution in [0.1, 0.15) is 45.5 Å². The number of aromatic nitrogens is 3. The average Bonchev–Trinajstić information content (AvgIpc) is 3.06. The van der Waals surface area contributed by atoms with Gasteiger partial charge in [-0.3, -0.25) is 4.79 Å². The average molecular weight is 401 g/mol. The highest BCUT2D eigenvalue weighted by molar-refractivity contribution is 7.13. The molecule has 0 spiro atoms. The van der Waals surface area contributed by atoms with Crippen molar-refractivity contribution in [2.24, 2.45) is 0 Å². The predicted molar refractivity (Wildman–Crippen MR) is 113 cm³/mol. The zero-order valence-corrected chi connectivity index (χ0v) is 17.8. The molecule has 0 radical (unpaired) electrons. The van der Waals surface area contributed by atoms with Crippen molar-refractivity contribution in [3.05, 3.63) is 27.5 Å². The van der Waals surface area contributed by atoms with E-state index in [1.807, 2.05) is 25.7 Å². The van der Waals surface area contributed by atoms with Crippen molar-refractivity contribution in [3.8, 4) is 0 Å². The van der Waals surface area contributed by atoms with Gasteiger partial charge in [-0.1, -0.05) is 0 Å². The summed E-state index contributed by atoms with van der Waals surface area (Å²) in [6.07, 6.45) is 3.77. The summed E-state index contributed by atoms with van der Waals surface area (Å²) in [7, 11) is 0. The lowest BCUT2D eigenvalue weighted by Gasteiger charge is -2.36. The van der Waals surface area contributed by atoms with Gasteiger partial charge in [-0.2, -0.15) is 0 Å². The van der Waals surface area contributed by atoms with E-state index in [0.29, 0.717) is 13.1 Å². The van der Waals surface area contributed by atoms with Crippen molar-refractivity contribution in [3.63, 3.8) is 0 Å². The molecule has 0 saturated carbocycles. The Hall–Kier alpha value is -2.22. The van der Waals surface area contributed by atoms with Crippen LogP contribution in [0.4, 0.5) is 11.6 Å². The molecule has 2 aliphatic rings. The van der Waals surface area contributed by atoms with Gasteiger partial charge in [-0.25, -0.2) is 15.0 Å². The topological polar surface area (TPSA) is 65.5 Å². The highest BCUT2D eigenvalue weighted by atomic mass is 32.1. The Bertz CT molecular complexity index is 852. The fourth-order valence-corrected chi connectivity index (χ4v) is 4.88. The monoisotopic (exact) mass is 400 g/mol. The zero-order valence-electron chi connectivity index (χ0n) is 16.9. The van der Waals surface area contributed by atoms with Gasteiger partial charge < -0.3 is 14.7 Å². The van der Waals surface area contributed by atoms with Gasteiger partial charge >= 0.3 is 0 Å². The van der Waals surface area contributed by atoms with Crippen molar-refractivity contribution in [1.82, 2.24) is 19.9 Å². The lowest BCUT2D eigenvalue weighted by molar-refractivity contribution is 0.0750. The summed E-state index contributed by atoms with van der Waals surface area (Å²) in [6, 6.07) is 2.12. The zero-order chi connectivity index (χ0) is 19.7. The number of hydrogen-bond acceptors (Lipinski definition) is 7. The number of carbonyl (C=O) groups is 1. The second kappa shape index (κ2) is 8.03. The number of amides is 1. The first kappa shape index (κ1) is 19.1. The third-order valence-electron chi connectivity index (χ3n) is 5.48. The minimum absolute atomic E-state index is 0.107. The van der Waals surface area contributed by atoms with Crippen molar-refractivity contribution in [2.45, 2.75) is 40.0 Å². The minimum atomic E-state index is 0.107. The Balaban J connectivity index is 1.44. The molecule has 2 aromatic rings. The first-order valence-electron chi connectivity index (χ1n) is 10.1. The fourth-order valence-electron chi connectivity index (χ4n) is 4.00. The number of piperazine rings is 1. The SMILES string of the molecule is Cc1nc(N2CCCCC2)cc(N2CCN(C(=O)c3sc(C)nc3C)CC2)n1. The molecule has 1 amide bonds. The first-order chi connectivity index (χ1) is 13.5. The second-order valence-electron chi connectivity index (χ2n) is 7.61. The molecule has 0 atom stereocenters. The van der Waals surface area contributed by atoms with Crippen LogP contribution in [-0.4, -0.2) is 65.0 Å². The molecule has 2 fully saturated rings. The predicted octanol–water partition coefficient (Wildman–Crippen LogP) is 2.81. The number of rotatable bonds is 3. The molecule has 2 aliphatic heterocycles. The smallest absolute Gasteiger partial charge is 0.265 e. The van der Waals surface area contributed by atoms with Crippen LogP contribution < -0.4 is 9.80 Å². The number of thiazole rings is 1. The van der Waals surface area contributed by atoms with E-state index < -0.39 is 0 Å². The van der Waals surface area contributed by atoms with Crippen molar-refractivity contribution in [1.29, 1.82) is 0 Å². The molecule has 2 saturated heterocycles. The van der Waals surface area contributed by atoms with Crippen LogP contribution in [-0.2, 0) is 0 Å². The number of carbonyl (C=O) groups excluding carboxylic acids is 1. The van der Waals surface area contributed by atoms with Gasteiger partial charge in [0, 0.05) is 45.3 Å². The lowest BCUT2D eigenvalue weighted by atomic mass is 10.1. The Morgan fingerprint density at radius 1 is 0.857 bits per heavy atom. The van der Waals surface area contributed by atoms with E-state index in [4.69, 9.17) is 0 Å². The summed E-state index contributed by atoms with van der Waals surface area (Å²) in [4.78, 5) is 33.9. The van der Waals surface area contributed by atoms with Crippen LogP contribution in [0, 0.1) is 20.8 Å². The summed E-state index contributed by atoms with van der Waals surface area (Å²) >= 11 is 1.49. The molecule has 0 bridgehead atoms. The quantitative estimate of drug-likeness (QED) is 0.789. The van der Waals surface area contributed by atoms with Crippen LogP contribution in [0.5, 0.6) is 0 Å². The summed E-state index contributed by atoms with van der Waals surface area (Å²) in [5.74, 6) is 2.93. The summed E-state index contributed by atoms with van der Waals surface area (Å²) in [5, 5.41) is 0.946. The molecule has 0 N–H and O–H groups in total. The van der Waals surface area contributed by atoms with Gasteiger partial charge in [0.05, 0.1) is 10.7 Å². The number of piperidine rings is 1. The standard InChI is InChI=1S/C20H28N6OS/c1-14-19(28-16(3)21-14)20(27)26-11-9-25(10-12-26)18-13-17(22-15(2)23-18)24-7-5-4-6-8-24/h13H,4-12H2,1-3H3. The number of hydrogen-bond donors (Lipinski definition) is 0. The van der Waals surface area contributed by atoms with Gasteiger partial charge in [0.25, 0.3) is 5.91 Å². The molecular formula is C20H28N6OS. The van der Waals surface area contributed by atoms with E-state index in [0.717, 1.165) is 59.2 Å². The molecule has 4 heterocycles. The fraction of sp³-hybridized carbons (Fsp3) is 0.600. The highest BCUT2D eigenvalue weighted by Gasteiger charge is 2.26. The molecule has 0 aliphatic carbocycles. The molecule has 8 heteroatoms. The van der Waals surface area contributed by atoms with Gasteiger partial charge in [-0.05, 0) is 40.0 Å². The molecule has 28 heavy (non-hydrogen) atoms. The van der Waals surface area contributed by atoms with Crippen LogP contribution in [0.2, 0.25) is 0 Å². The largest absolute Gasteiger partial charge is 0.356 e. The lowest BCUT2D eigenvalue weighted by Crippen LogP contribution is -2.49. The molecule has 0 unspecified atom stereocenters. The Labute approximate surface area is 170 Å². The molecule has 2 aromatic heterocycles. The van der Waals surface area contributed by atoms with E-state index in [1.165, 1.54) is 30.6 Å². The first-order valence-corrected chi connectivity index (χ1v) is 10.9. The van der Waals surface area contributed by atoms with Crippen molar-refractivity contribution >= 4 is 28.9 Å². The highest BCUT2D eigenvalue weighted by Crippen LogP contribution is 2.24. The normalized spacial score (nSPS) is 17.9. The third-order valence-corrected chi connectivity index (χ3v) is 6.54. The van der Waals surface area contributed by atoms with Crippen molar-refractivity contribution in [2.75, 3.05) is 49.1 Å². The second-order valence-corrected chi connectivity index (χ2v) is 8.81. The van der Waals surface area contributed by atoms with Crippen molar-refractivity contribution < 1.29 is 4.79 Å². The van der Waals surface area contributed by atoms with Crippen LogP contribution in [0.15, 0.2) is 6.07 Å². The van der Waals surface area contributed by atoms with Gasteiger partial charge in [0.15, 0.2) is 0 Å². The Kier molecular flexibility index (Phi) is 5.48. The summed E-state index contributed by atoms with van der Waals surface area (Å²) < 4.78 is 0. The third kappa shape index (κ3) is 3.97. The molecule has 4 rings (SSSR count). The maximum Gasteiger partial charge on any atom is 0.265 e. The number of aryl methyl sites for hydroxylation is 3. The van der Waals surface area contributed by atoms with Crippen LogP contribution in [0.25, 0.3) is 0 Å². The van der Waals surface area contributed by atoms with E-state index >= 15 is 0 Å². The van der Waals surface area contributed by atoms with Gasteiger partial charge in [0.1, 0.15) is 22.3 Å². The van der Waals surface area contributed by atoms with Crippen LogP contribution in [0.3, 0.4) is 0 Å². The van der Waals surface area contributed by atoms with Crippen LogP contribution >= 0.6 is 11.3 Å². The Morgan fingerprint density at radius 3 is 2.04 bits per heavy atom. The molecule has 7 nitrogen and oxygen atoms in total.